The second-order valence-electron chi connectivity index (χ2n) is 7.05. The van der Waals surface area contributed by atoms with Crippen molar-refractivity contribution in [1.29, 1.82) is 0 Å². The number of aryl methyl sites for hydroxylation is 1. The third-order valence-corrected chi connectivity index (χ3v) is 5.60. The Morgan fingerprint density at radius 2 is 1.72 bits per heavy atom. The van der Waals surface area contributed by atoms with Gasteiger partial charge in [0.15, 0.2) is 0 Å². The number of para-hydroxylation sites is 1. The number of amides is 1. The number of esters is 1. The monoisotopic (exact) mass is 418 g/mol. The van der Waals surface area contributed by atoms with Crippen LogP contribution in [0, 0.1) is 6.92 Å². The van der Waals surface area contributed by atoms with Crippen LogP contribution in [0.25, 0.3) is 0 Å². The van der Waals surface area contributed by atoms with Crippen LogP contribution in [-0.4, -0.2) is 40.2 Å². The lowest BCUT2D eigenvalue weighted by Crippen LogP contribution is -2.37. The minimum Gasteiger partial charge on any atom is -0.465 e. The third-order valence-electron chi connectivity index (χ3n) is 4.46. The van der Waals surface area contributed by atoms with Gasteiger partial charge in [-0.1, -0.05) is 32.0 Å². The number of ether oxygens (including phenoxy) is 1. The SMILES string of the molecule is COC(=O)c1ccc(N(CC(=O)Nc2c(C)cccc2C(C)C)S(C)(=O)=O)cc1. The largest absolute Gasteiger partial charge is 0.465 e. The maximum atomic E-state index is 12.7. The Labute approximate surface area is 171 Å². The van der Waals surface area contributed by atoms with E-state index in [9.17, 15) is 18.0 Å². The van der Waals surface area contributed by atoms with Crippen molar-refractivity contribution in [1.82, 2.24) is 0 Å². The molecule has 0 aliphatic carbocycles. The summed E-state index contributed by atoms with van der Waals surface area (Å²) < 4.78 is 30.2. The van der Waals surface area contributed by atoms with E-state index in [0.29, 0.717) is 5.69 Å². The number of sulfonamides is 1. The third kappa shape index (κ3) is 5.57. The van der Waals surface area contributed by atoms with Crippen molar-refractivity contribution < 1.29 is 22.7 Å². The number of carbonyl (C=O) groups excluding carboxylic acids is 2. The highest BCUT2D eigenvalue weighted by atomic mass is 32.2. The second kappa shape index (κ2) is 9.09. The van der Waals surface area contributed by atoms with Crippen molar-refractivity contribution in [2.24, 2.45) is 0 Å². The van der Waals surface area contributed by atoms with Gasteiger partial charge in [0, 0.05) is 5.69 Å². The van der Waals surface area contributed by atoms with E-state index in [1.807, 2.05) is 39.0 Å². The normalized spacial score (nSPS) is 11.2. The molecule has 0 bridgehead atoms. The first-order valence-electron chi connectivity index (χ1n) is 9.10. The van der Waals surface area contributed by atoms with Crippen molar-refractivity contribution in [3.8, 4) is 0 Å². The van der Waals surface area contributed by atoms with E-state index in [1.165, 1.54) is 31.4 Å². The van der Waals surface area contributed by atoms with E-state index in [1.54, 1.807) is 0 Å². The van der Waals surface area contributed by atoms with Gasteiger partial charge in [-0.25, -0.2) is 13.2 Å². The molecule has 0 aliphatic rings. The Morgan fingerprint density at radius 3 is 2.24 bits per heavy atom. The predicted molar refractivity (Wildman–Crippen MR) is 114 cm³/mol. The smallest absolute Gasteiger partial charge is 0.337 e. The molecule has 1 amide bonds. The number of rotatable bonds is 7. The fraction of sp³-hybridized carbons (Fsp3) is 0.333. The topological polar surface area (TPSA) is 92.8 Å². The summed E-state index contributed by atoms with van der Waals surface area (Å²) in [7, 11) is -2.46. The summed E-state index contributed by atoms with van der Waals surface area (Å²) in [5, 5.41) is 2.85. The summed E-state index contributed by atoms with van der Waals surface area (Å²) >= 11 is 0. The minimum absolute atomic E-state index is 0.196. The van der Waals surface area contributed by atoms with Crippen LogP contribution in [0.3, 0.4) is 0 Å². The number of nitrogens with zero attached hydrogens (tertiary/aromatic N) is 1. The Bertz CT molecular complexity index is 998. The molecule has 0 saturated heterocycles. The number of hydrogen-bond donors (Lipinski definition) is 1. The molecule has 0 aliphatic heterocycles. The molecule has 29 heavy (non-hydrogen) atoms. The first-order chi connectivity index (χ1) is 13.5. The molecule has 0 fully saturated rings. The summed E-state index contributed by atoms with van der Waals surface area (Å²) in [5.74, 6) is -0.785. The highest BCUT2D eigenvalue weighted by Gasteiger charge is 2.22. The van der Waals surface area contributed by atoms with E-state index < -0.39 is 21.9 Å². The Balaban J connectivity index is 2.28. The summed E-state index contributed by atoms with van der Waals surface area (Å²) in [6, 6.07) is 11.6. The van der Waals surface area contributed by atoms with Gasteiger partial charge < -0.3 is 10.1 Å². The summed E-state index contributed by atoms with van der Waals surface area (Å²) in [6.45, 7) is 5.55. The van der Waals surface area contributed by atoms with Crippen LogP contribution in [-0.2, 0) is 19.6 Å². The van der Waals surface area contributed by atoms with Crippen LogP contribution in [0.4, 0.5) is 11.4 Å². The average molecular weight is 419 g/mol. The van der Waals surface area contributed by atoms with Gasteiger partial charge in [-0.15, -0.1) is 0 Å². The Kier molecular flexibility index (Phi) is 7.02. The van der Waals surface area contributed by atoms with Crippen LogP contribution >= 0.6 is 0 Å². The molecule has 1 N–H and O–H groups in total. The molecule has 0 unspecified atom stereocenters. The minimum atomic E-state index is -3.72. The van der Waals surface area contributed by atoms with Crippen molar-refractivity contribution in [2.45, 2.75) is 26.7 Å². The molecule has 7 nitrogen and oxygen atoms in total. The molecule has 0 spiro atoms. The zero-order chi connectivity index (χ0) is 21.8. The molecule has 0 atom stereocenters. The van der Waals surface area contributed by atoms with E-state index in [2.05, 4.69) is 10.1 Å². The number of carbonyl (C=O) groups is 2. The molecule has 2 aromatic rings. The van der Waals surface area contributed by atoms with Crippen LogP contribution in [0.5, 0.6) is 0 Å². The van der Waals surface area contributed by atoms with Crippen molar-refractivity contribution >= 4 is 33.3 Å². The highest BCUT2D eigenvalue weighted by molar-refractivity contribution is 7.92. The number of anilines is 2. The molecular formula is C21H26N2O5S. The molecular weight excluding hydrogens is 392 g/mol. The van der Waals surface area contributed by atoms with E-state index in [-0.39, 0.29) is 23.7 Å². The van der Waals surface area contributed by atoms with Crippen molar-refractivity contribution in [3.63, 3.8) is 0 Å². The fourth-order valence-corrected chi connectivity index (χ4v) is 3.79. The molecule has 8 heteroatoms. The zero-order valence-corrected chi connectivity index (χ0v) is 18.0. The van der Waals surface area contributed by atoms with Crippen molar-refractivity contribution in [2.75, 3.05) is 29.5 Å². The Hall–Kier alpha value is -2.87. The maximum Gasteiger partial charge on any atom is 0.337 e. The van der Waals surface area contributed by atoms with Crippen molar-refractivity contribution in [3.05, 3.63) is 59.2 Å². The van der Waals surface area contributed by atoms with E-state index in [0.717, 1.165) is 21.7 Å². The van der Waals surface area contributed by atoms with Gasteiger partial charge >= 0.3 is 5.97 Å². The van der Waals surface area contributed by atoms with Crippen LogP contribution in [0.1, 0.15) is 41.3 Å². The van der Waals surface area contributed by atoms with Crippen LogP contribution in [0.15, 0.2) is 42.5 Å². The van der Waals surface area contributed by atoms with Gasteiger partial charge in [0.25, 0.3) is 0 Å². The first-order valence-corrected chi connectivity index (χ1v) is 10.9. The fourth-order valence-electron chi connectivity index (χ4n) is 2.93. The maximum absolute atomic E-state index is 12.7. The number of nitrogens with one attached hydrogen (secondary N) is 1. The van der Waals surface area contributed by atoms with Gasteiger partial charge in [-0.05, 0) is 48.2 Å². The van der Waals surface area contributed by atoms with Gasteiger partial charge in [0.05, 0.1) is 24.6 Å². The molecule has 0 saturated carbocycles. The lowest BCUT2D eigenvalue weighted by Gasteiger charge is -2.23. The van der Waals surface area contributed by atoms with Gasteiger partial charge in [0.1, 0.15) is 6.54 Å². The van der Waals surface area contributed by atoms with Gasteiger partial charge in [-0.2, -0.15) is 0 Å². The number of hydrogen-bond acceptors (Lipinski definition) is 5. The molecule has 0 radical (unpaired) electrons. The summed E-state index contributed by atoms with van der Waals surface area (Å²) in [4.78, 5) is 24.3. The summed E-state index contributed by atoms with van der Waals surface area (Å²) in [5.41, 5.74) is 3.14. The quantitative estimate of drug-likeness (QED) is 0.697. The van der Waals surface area contributed by atoms with Gasteiger partial charge in [0.2, 0.25) is 15.9 Å². The molecule has 0 aromatic heterocycles. The standard InChI is InChI=1S/C21H26N2O5S/c1-14(2)18-8-6-7-15(3)20(18)22-19(24)13-23(29(5,26)27)17-11-9-16(10-12-17)21(25)28-4/h6-12,14H,13H2,1-5H3,(H,22,24). The molecule has 156 valence electrons. The lowest BCUT2D eigenvalue weighted by atomic mass is 9.98. The molecule has 2 rings (SSSR count). The number of methoxy groups -OCH3 is 1. The molecule has 0 heterocycles. The first kappa shape index (κ1) is 22.4. The zero-order valence-electron chi connectivity index (χ0n) is 17.2. The predicted octanol–water partition coefficient (Wildman–Crippen LogP) is 3.31. The highest BCUT2D eigenvalue weighted by Crippen LogP contribution is 2.27. The van der Waals surface area contributed by atoms with E-state index in [4.69, 9.17) is 0 Å². The van der Waals surface area contributed by atoms with Crippen LogP contribution < -0.4 is 9.62 Å². The lowest BCUT2D eigenvalue weighted by molar-refractivity contribution is -0.114. The summed E-state index contributed by atoms with van der Waals surface area (Å²) in [6.07, 6.45) is 1.03. The second-order valence-corrected chi connectivity index (χ2v) is 8.96. The van der Waals surface area contributed by atoms with E-state index >= 15 is 0 Å². The van der Waals surface area contributed by atoms with Crippen LogP contribution in [0.2, 0.25) is 0 Å². The molecule has 2 aromatic carbocycles. The number of benzene rings is 2. The average Bonchev–Trinajstić information content (AvgIpc) is 2.66. The Morgan fingerprint density at radius 1 is 1.10 bits per heavy atom. The van der Waals surface area contributed by atoms with Gasteiger partial charge in [-0.3, -0.25) is 9.10 Å².